The lowest BCUT2D eigenvalue weighted by molar-refractivity contribution is -0.143. The highest BCUT2D eigenvalue weighted by atomic mass is 16.4. The molecule has 4 aliphatic rings. The molecule has 0 unspecified atom stereocenters. The molecule has 0 aromatic rings. The molecule has 0 aromatic heterocycles. The number of carboxylic acid groups (broad SMARTS) is 1. The van der Waals surface area contributed by atoms with E-state index in [1.54, 1.807) is 0 Å². The van der Waals surface area contributed by atoms with Gasteiger partial charge in [-0.3, -0.25) is 14.4 Å². The minimum Gasteiger partial charge on any atom is -0.481 e. The number of hydrogen-bond acceptors (Lipinski definition) is 3. The summed E-state index contributed by atoms with van der Waals surface area (Å²) in [6, 6.07) is 0. The molecule has 4 nitrogen and oxygen atoms in total. The monoisotopic (exact) mass is 358 g/mol. The molecule has 0 aromatic carbocycles. The number of allylic oxidation sites excluding steroid dienone is 1. The third-order valence-corrected chi connectivity index (χ3v) is 8.68. The van der Waals surface area contributed by atoms with Gasteiger partial charge < -0.3 is 5.11 Å². The number of ketones is 2. The van der Waals surface area contributed by atoms with Crippen LogP contribution in [0.5, 0.6) is 0 Å². The van der Waals surface area contributed by atoms with Gasteiger partial charge in [-0.15, -0.1) is 0 Å². The van der Waals surface area contributed by atoms with Crippen molar-refractivity contribution in [3.8, 4) is 0 Å². The van der Waals surface area contributed by atoms with E-state index in [0.717, 1.165) is 44.9 Å². The molecule has 4 heteroatoms. The highest BCUT2D eigenvalue weighted by Gasteiger charge is 2.60. The fourth-order valence-corrected chi connectivity index (χ4v) is 7.36. The van der Waals surface area contributed by atoms with Gasteiger partial charge in [0, 0.05) is 12.3 Å². The molecule has 26 heavy (non-hydrogen) atoms. The van der Waals surface area contributed by atoms with E-state index in [9.17, 15) is 14.4 Å². The average molecular weight is 358 g/mol. The van der Waals surface area contributed by atoms with Crippen LogP contribution in [0.3, 0.4) is 0 Å². The lowest BCUT2D eigenvalue weighted by Crippen LogP contribution is -2.51. The van der Waals surface area contributed by atoms with Crippen LogP contribution in [0.2, 0.25) is 0 Å². The second kappa shape index (κ2) is 6.03. The van der Waals surface area contributed by atoms with Crippen molar-refractivity contribution in [2.24, 2.45) is 34.5 Å². The molecule has 0 heterocycles. The maximum atomic E-state index is 12.6. The zero-order valence-electron chi connectivity index (χ0n) is 15.9. The highest BCUT2D eigenvalue weighted by molar-refractivity contribution is 5.96. The van der Waals surface area contributed by atoms with E-state index >= 15 is 0 Å². The van der Waals surface area contributed by atoms with E-state index in [1.807, 2.05) is 6.08 Å². The summed E-state index contributed by atoms with van der Waals surface area (Å²) in [5, 5.41) is 9.04. The summed E-state index contributed by atoms with van der Waals surface area (Å²) in [6.07, 6.45) is 9.44. The molecule has 3 saturated carbocycles. The fraction of sp³-hybridized carbons (Fsp3) is 0.773. The normalized spacial score (nSPS) is 44.5. The number of carbonyl (C=O) groups excluding carboxylic acids is 2. The fourth-order valence-electron chi connectivity index (χ4n) is 7.36. The minimum absolute atomic E-state index is 0.0320. The molecule has 0 saturated heterocycles. The largest absolute Gasteiger partial charge is 0.481 e. The molecule has 0 aliphatic heterocycles. The van der Waals surface area contributed by atoms with Crippen molar-refractivity contribution >= 4 is 17.5 Å². The predicted molar refractivity (Wildman–Crippen MR) is 97.5 cm³/mol. The van der Waals surface area contributed by atoms with Gasteiger partial charge >= 0.3 is 5.97 Å². The summed E-state index contributed by atoms with van der Waals surface area (Å²) >= 11 is 0. The van der Waals surface area contributed by atoms with E-state index in [4.69, 9.17) is 5.11 Å². The molecular formula is C22H30O4. The topological polar surface area (TPSA) is 71.4 Å². The first-order valence-electron chi connectivity index (χ1n) is 10.2. The first-order chi connectivity index (χ1) is 12.3. The van der Waals surface area contributed by atoms with Crippen molar-refractivity contribution < 1.29 is 19.5 Å². The number of carboxylic acids is 1. The van der Waals surface area contributed by atoms with Crippen LogP contribution in [0.4, 0.5) is 0 Å². The average Bonchev–Trinajstić information content (AvgIpc) is 2.92. The molecule has 4 aliphatic carbocycles. The van der Waals surface area contributed by atoms with E-state index in [1.165, 1.54) is 5.57 Å². The van der Waals surface area contributed by atoms with Crippen molar-refractivity contribution in [1.82, 2.24) is 0 Å². The second-order valence-corrected chi connectivity index (χ2v) is 9.68. The summed E-state index contributed by atoms with van der Waals surface area (Å²) in [6.45, 7) is 4.62. The third-order valence-electron chi connectivity index (χ3n) is 8.68. The number of Topliss-reactive ketones (excluding diaryl/α,β-unsaturated/α-hetero) is 1. The molecular weight excluding hydrogens is 328 g/mol. The molecule has 142 valence electrons. The van der Waals surface area contributed by atoms with Crippen molar-refractivity contribution in [3.63, 3.8) is 0 Å². The van der Waals surface area contributed by atoms with Crippen LogP contribution >= 0.6 is 0 Å². The van der Waals surface area contributed by atoms with E-state index in [2.05, 4.69) is 13.8 Å². The smallest absolute Gasteiger partial charge is 0.310 e. The molecule has 0 spiro atoms. The Morgan fingerprint density at radius 2 is 1.85 bits per heavy atom. The van der Waals surface area contributed by atoms with Crippen molar-refractivity contribution in [2.75, 3.05) is 0 Å². The van der Waals surface area contributed by atoms with E-state index in [-0.39, 0.29) is 34.7 Å². The lowest BCUT2D eigenvalue weighted by Gasteiger charge is -2.58. The SMILES string of the molecule is C[C@]12CC[C@H]3[C@@H](CCC4=CC(=O)CC[C@@]43C)[C@@H]1CC[C@@H]2C(=O)CC(=O)O. The molecule has 3 fully saturated rings. The Labute approximate surface area is 155 Å². The van der Waals surface area contributed by atoms with Crippen LogP contribution in [0.1, 0.15) is 71.6 Å². The Balaban J connectivity index is 1.60. The summed E-state index contributed by atoms with van der Waals surface area (Å²) in [7, 11) is 0. The molecule has 0 bridgehead atoms. The quantitative estimate of drug-likeness (QED) is 0.768. The molecule has 1 N–H and O–H groups in total. The van der Waals surface area contributed by atoms with Gasteiger partial charge in [-0.05, 0) is 79.6 Å². The Kier molecular flexibility index (Phi) is 4.16. The van der Waals surface area contributed by atoms with Gasteiger partial charge in [0.2, 0.25) is 0 Å². The standard InChI is InChI=1S/C22H30O4/c1-21-9-7-14(23)11-13(21)3-4-15-16-5-6-18(19(24)12-20(25)26)22(16,2)10-8-17(15)21/h11,15-18H,3-10,12H2,1-2H3,(H,25,26)/t15-,16-,17-,18+,21-,22-/m0/s1. The first-order valence-corrected chi connectivity index (χ1v) is 10.2. The van der Waals surface area contributed by atoms with Crippen LogP contribution in [-0.4, -0.2) is 22.6 Å². The van der Waals surface area contributed by atoms with E-state index in [0.29, 0.717) is 24.2 Å². The third kappa shape index (κ3) is 2.51. The van der Waals surface area contributed by atoms with Crippen molar-refractivity contribution in [3.05, 3.63) is 11.6 Å². The van der Waals surface area contributed by atoms with Gasteiger partial charge in [-0.1, -0.05) is 19.4 Å². The first kappa shape index (κ1) is 17.9. The molecule has 0 amide bonds. The zero-order chi connectivity index (χ0) is 18.7. The zero-order valence-corrected chi connectivity index (χ0v) is 15.9. The number of rotatable bonds is 3. The predicted octanol–water partition coefficient (Wildman–Crippen LogP) is 4.18. The second-order valence-electron chi connectivity index (χ2n) is 9.68. The van der Waals surface area contributed by atoms with Gasteiger partial charge in [0.1, 0.15) is 12.2 Å². The van der Waals surface area contributed by atoms with Gasteiger partial charge in [0.15, 0.2) is 5.78 Å². The number of aliphatic carboxylic acids is 1. The Morgan fingerprint density at radius 1 is 1.08 bits per heavy atom. The van der Waals surface area contributed by atoms with Gasteiger partial charge in [0.25, 0.3) is 0 Å². The Morgan fingerprint density at radius 3 is 2.58 bits per heavy atom. The maximum absolute atomic E-state index is 12.6. The molecule has 4 rings (SSSR count). The van der Waals surface area contributed by atoms with Crippen LogP contribution in [0.25, 0.3) is 0 Å². The summed E-state index contributed by atoms with van der Waals surface area (Å²) in [5.74, 6) is 0.905. The number of hydrogen-bond donors (Lipinski definition) is 1. The Bertz CT molecular complexity index is 692. The lowest BCUT2D eigenvalue weighted by atomic mass is 9.46. The van der Waals surface area contributed by atoms with Crippen LogP contribution < -0.4 is 0 Å². The van der Waals surface area contributed by atoms with Crippen molar-refractivity contribution in [1.29, 1.82) is 0 Å². The Hall–Kier alpha value is -1.45. The van der Waals surface area contributed by atoms with Crippen LogP contribution in [0, 0.1) is 34.5 Å². The van der Waals surface area contributed by atoms with Crippen molar-refractivity contribution in [2.45, 2.75) is 71.6 Å². The van der Waals surface area contributed by atoms with E-state index < -0.39 is 5.97 Å². The minimum atomic E-state index is -0.998. The summed E-state index contributed by atoms with van der Waals surface area (Å²) in [4.78, 5) is 35.5. The van der Waals surface area contributed by atoms with Crippen LogP contribution in [-0.2, 0) is 14.4 Å². The highest BCUT2D eigenvalue weighted by Crippen LogP contribution is 2.66. The van der Waals surface area contributed by atoms with Gasteiger partial charge in [0.05, 0.1) is 0 Å². The van der Waals surface area contributed by atoms with Gasteiger partial charge in [-0.25, -0.2) is 0 Å². The summed E-state index contributed by atoms with van der Waals surface area (Å²) in [5.41, 5.74) is 1.49. The molecule has 6 atom stereocenters. The number of fused-ring (bicyclic) bond motifs is 5. The van der Waals surface area contributed by atoms with Crippen LogP contribution in [0.15, 0.2) is 11.6 Å². The van der Waals surface area contributed by atoms with Gasteiger partial charge in [-0.2, -0.15) is 0 Å². The molecule has 0 radical (unpaired) electrons. The summed E-state index contributed by atoms with van der Waals surface area (Å²) < 4.78 is 0. The number of carbonyl (C=O) groups is 3. The maximum Gasteiger partial charge on any atom is 0.310 e.